The van der Waals surface area contributed by atoms with Gasteiger partial charge in [0.05, 0.1) is 12.7 Å². The summed E-state index contributed by atoms with van der Waals surface area (Å²) in [6.07, 6.45) is 5.98. The van der Waals surface area contributed by atoms with Crippen molar-refractivity contribution in [2.24, 2.45) is 5.16 Å². The molecule has 2 atom stereocenters. The van der Waals surface area contributed by atoms with Crippen LogP contribution in [0.4, 0.5) is 5.13 Å². The van der Waals surface area contributed by atoms with E-state index in [2.05, 4.69) is 52.1 Å². The number of anilines is 1. The third-order valence-corrected chi connectivity index (χ3v) is 18.1. The highest BCUT2D eigenvalue weighted by Gasteiger charge is 2.55. The number of phenolic OH excluding ortho intramolecular Hbond substituents is 1. The van der Waals surface area contributed by atoms with Crippen molar-refractivity contribution in [1.82, 2.24) is 25.0 Å². The molecule has 0 radical (unpaired) electrons. The molecule has 0 saturated carbocycles. The van der Waals surface area contributed by atoms with Gasteiger partial charge in [-0.3, -0.25) is 24.0 Å². The monoisotopic (exact) mass is 1220 g/mol. The number of allylic oxidation sites excluding steroid dienone is 2. The minimum absolute atomic E-state index is 0.0243. The number of fused-ring (bicyclic) bond motifs is 2. The van der Waals surface area contributed by atoms with Gasteiger partial charge in [-0.05, 0) is 45.5 Å². The molecule has 90 heavy (non-hydrogen) atoms. The first-order valence-electron chi connectivity index (χ1n) is 29.2. The third-order valence-electron chi connectivity index (χ3n) is 16.0. The molecule has 4 heterocycles. The zero-order valence-electron chi connectivity index (χ0n) is 48.2. The number of aromatic nitrogens is 3. The predicted octanol–water partition coefficient (Wildman–Crippen LogP) is 12.9. The number of β-lactam (4-membered cyclic amide) rings is 1. The number of rotatable bonds is 20. The lowest BCUT2D eigenvalue weighted by atomic mass is 9.77. The maximum atomic E-state index is 15.7. The average Bonchev–Trinajstić information content (AvgIpc) is 0.815. The Kier molecular flexibility index (Phi) is 16.6. The van der Waals surface area contributed by atoms with Crippen LogP contribution in [0.3, 0.4) is 0 Å². The summed E-state index contributed by atoms with van der Waals surface area (Å²) in [6, 6.07) is 79.7. The van der Waals surface area contributed by atoms with Crippen LogP contribution >= 0.6 is 23.1 Å². The molecule has 1 aromatic heterocycles. The number of nitrogens with one attached hydrogen (secondary N) is 2. The number of ether oxygens (including phenoxy) is 1. The molecule has 3 N–H and O–H groups in total. The van der Waals surface area contributed by atoms with Crippen molar-refractivity contribution in [1.29, 1.82) is 0 Å². The fraction of sp³-hybridized carbons (Fsp3) is 0.0946. The van der Waals surface area contributed by atoms with Crippen molar-refractivity contribution in [3.05, 3.63) is 356 Å². The Labute approximate surface area is 527 Å². The molecule has 4 aliphatic rings. The first kappa shape index (κ1) is 58.1. The van der Waals surface area contributed by atoms with Crippen molar-refractivity contribution in [2.75, 3.05) is 11.1 Å². The highest BCUT2D eigenvalue weighted by atomic mass is 32.2. The van der Waals surface area contributed by atoms with Gasteiger partial charge in [0.2, 0.25) is 11.0 Å². The average molecular weight is 1220 g/mol. The maximum absolute atomic E-state index is 15.7. The van der Waals surface area contributed by atoms with Gasteiger partial charge in [-0.25, -0.2) is 9.78 Å². The number of carbonyl (C=O) groups is 3. The molecule has 3 aliphatic heterocycles. The van der Waals surface area contributed by atoms with Crippen LogP contribution in [0.1, 0.15) is 56.3 Å². The molecule has 0 spiro atoms. The van der Waals surface area contributed by atoms with Gasteiger partial charge in [0.15, 0.2) is 22.7 Å². The largest absolute Gasteiger partial charge is 0.504 e. The van der Waals surface area contributed by atoms with Crippen LogP contribution in [0.25, 0.3) is 11.1 Å². The van der Waals surface area contributed by atoms with E-state index in [0.29, 0.717) is 21.8 Å². The molecule has 9 aromatic rings. The number of hydrogen-bond donors (Lipinski definition) is 3. The fourth-order valence-corrected chi connectivity index (χ4v) is 13.7. The van der Waals surface area contributed by atoms with E-state index in [0.717, 1.165) is 44.5 Å². The lowest BCUT2D eigenvalue weighted by Gasteiger charge is -2.49. The number of carbonyl (C=O) groups excluding carboxylic acids is 3. The standard InChI is InChI=1S/C74H57N7O7S2/c82-62-44-53-46-75-80(47-54(53)45-63(62)83)43-25-30-52-48-89-70-65(69(85)81(70)66(52)71(86)87-67(50-26-9-1-10-27-50)51-28-11-2-12-29-51)77-68(84)64(79-88-74(58-37-19-6-20-38-58,59-39-21-7-22-40-59)60-41-23-8-24-42-60)61-49-90-72(76-61)78-73(55-31-13-3-14-32-55,56-33-15-4-16-34-56)57-35-17-5-18-36-57/h1-42,44-47,49,65,67,70,83H,43,48H2,(H,76,78)(H,77,84)/b30-25+,79-64-/t65?,70-/m0/s1. The Morgan fingerprint density at radius 2 is 1.14 bits per heavy atom. The summed E-state index contributed by atoms with van der Waals surface area (Å²) in [5.74, 6) is -2.18. The quantitative estimate of drug-likeness (QED) is 0.0218. The molecule has 8 aromatic carbocycles. The topological polar surface area (TPSA) is 177 Å². The smallest absolute Gasteiger partial charge is 0.356 e. The van der Waals surface area contributed by atoms with Crippen molar-refractivity contribution >= 4 is 51.7 Å². The molecule has 1 aliphatic carbocycles. The molecule has 442 valence electrons. The van der Waals surface area contributed by atoms with E-state index in [4.69, 9.17) is 19.7 Å². The first-order valence-corrected chi connectivity index (χ1v) is 31.1. The zero-order chi connectivity index (χ0) is 61.4. The molecule has 14 nitrogen and oxygen atoms in total. The second kappa shape index (κ2) is 25.8. The predicted molar refractivity (Wildman–Crippen MR) is 351 cm³/mol. The van der Waals surface area contributed by atoms with Crippen molar-refractivity contribution in [3.8, 4) is 16.9 Å². The molecule has 1 unspecified atom stereocenters. The van der Waals surface area contributed by atoms with Crippen LogP contribution in [0, 0.1) is 0 Å². The van der Waals surface area contributed by atoms with E-state index in [-0.39, 0.29) is 35.1 Å². The van der Waals surface area contributed by atoms with Crippen molar-refractivity contribution in [2.45, 2.75) is 35.2 Å². The van der Waals surface area contributed by atoms with Gasteiger partial charge in [0.25, 0.3) is 11.8 Å². The number of benzene rings is 9. The van der Waals surface area contributed by atoms with Crippen LogP contribution in [0.2, 0.25) is 0 Å². The molecular weight excluding hydrogens is 1160 g/mol. The Hall–Kier alpha value is -10.9. The third kappa shape index (κ3) is 11.5. The molecule has 1 fully saturated rings. The number of hydrogen-bond acceptors (Lipinski definition) is 13. The molecule has 1 saturated heterocycles. The van der Waals surface area contributed by atoms with Crippen molar-refractivity contribution in [3.63, 3.8) is 0 Å². The summed E-state index contributed by atoms with van der Waals surface area (Å²) in [5, 5.41) is 27.9. The molecule has 13 rings (SSSR count). The summed E-state index contributed by atoms with van der Waals surface area (Å²) in [4.78, 5) is 71.8. The van der Waals surface area contributed by atoms with Crippen LogP contribution in [0.5, 0.6) is 5.75 Å². The molecule has 2 amide bonds. The zero-order valence-corrected chi connectivity index (χ0v) is 49.9. The van der Waals surface area contributed by atoms with E-state index in [9.17, 15) is 9.90 Å². The number of aromatic hydroxyl groups is 1. The number of amides is 2. The van der Waals surface area contributed by atoms with Gasteiger partial charge in [-0.1, -0.05) is 260 Å². The highest BCUT2D eigenvalue weighted by Crippen LogP contribution is 2.45. The Morgan fingerprint density at radius 1 is 0.656 bits per heavy atom. The number of thioether (sulfide) groups is 1. The SMILES string of the molecule is O=C(OC(c1ccccc1)c1ccccc1)C1=C(/C=C/Cn2cc3cc(O)c(=O)cc-3cn2)CS[C@H]2C(NC(=O)/C(=N\OC(c3ccccc3)(c3ccccc3)c3ccccc3)c3csc(NC(c4ccccc4)(c4ccccc4)c4ccccc4)n3)C(=O)N12. The Balaban J connectivity index is 0.884. The summed E-state index contributed by atoms with van der Waals surface area (Å²) < 4.78 is 8.12. The highest BCUT2D eigenvalue weighted by molar-refractivity contribution is 8.00. The summed E-state index contributed by atoms with van der Waals surface area (Å²) >= 11 is 2.67. The van der Waals surface area contributed by atoms with E-state index >= 15 is 14.4 Å². The second-order valence-electron chi connectivity index (χ2n) is 21.5. The Morgan fingerprint density at radius 3 is 1.66 bits per heavy atom. The van der Waals surface area contributed by atoms with Crippen LogP contribution in [0.15, 0.2) is 306 Å². The first-order chi connectivity index (χ1) is 44.2. The minimum Gasteiger partial charge on any atom is -0.504 e. The molecular formula is C74H57N7O7S2. The van der Waals surface area contributed by atoms with Crippen molar-refractivity contribution < 1.29 is 29.1 Å². The van der Waals surface area contributed by atoms with Gasteiger partial charge >= 0.3 is 5.97 Å². The van der Waals surface area contributed by atoms with Gasteiger partial charge in [0, 0.05) is 45.1 Å². The second-order valence-corrected chi connectivity index (χ2v) is 23.5. The van der Waals surface area contributed by atoms with E-state index in [1.54, 1.807) is 28.5 Å². The summed E-state index contributed by atoms with van der Waals surface area (Å²) in [6.45, 7) is 0.225. The van der Waals surface area contributed by atoms with Crippen LogP contribution in [-0.2, 0) is 41.6 Å². The van der Waals surface area contributed by atoms with E-state index < -0.39 is 51.9 Å². The Bertz CT molecular complexity index is 4230. The van der Waals surface area contributed by atoms with Crippen LogP contribution < -0.4 is 16.1 Å². The maximum Gasteiger partial charge on any atom is 0.356 e. The number of esters is 1. The molecule has 0 bridgehead atoms. The molecule has 16 heteroatoms. The lowest BCUT2D eigenvalue weighted by Crippen LogP contribution is -2.71. The van der Waals surface area contributed by atoms with Gasteiger partial charge in [0.1, 0.15) is 28.3 Å². The number of nitrogens with zero attached hydrogens (tertiary/aromatic N) is 5. The van der Waals surface area contributed by atoms with Gasteiger partial charge < -0.3 is 25.3 Å². The van der Waals surface area contributed by atoms with Gasteiger partial charge in [-0.15, -0.1) is 23.1 Å². The minimum atomic E-state index is -1.41. The summed E-state index contributed by atoms with van der Waals surface area (Å²) in [7, 11) is 0. The van der Waals surface area contributed by atoms with E-state index in [1.165, 1.54) is 40.1 Å². The number of oxime groups is 1. The number of phenols is 1. The van der Waals surface area contributed by atoms with E-state index in [1.807, 2.05) is 212 Å². The summed E-state index contributed by atoms with van der Waals surface area (Å²) in [5.41, 5.74) is 5.26. The van der Waals surface area contributed by atoms with Crippen LogP contribution in [-0.4, -0.2) is 65.4 Å². The van der Waals surface area contributed by atoms with Gasteiger partial charge in [-0.2, -0.15) is 5.10 Å². The normalized spacial score (nSPS) is 15.1. The number of thiazole rings is 1. The fourth-order valence-electron chi connectivity index (χ4n) is 11.7. The lowest BCUT2D eigenvalue weighted by molar-refractivity contribution is -0.154.